The molecule has 0 aliphatic rings. The van der Waals surface area contributed by atoms with E-state index in [0.717, 1.165) is 121 Å². The highest BCUT2D eigenvalue weighted by Gasteiger charge is 2.30. The Kier molecular flexibility index (Phi) is 23.7. The lowest BCUT2D eigenvalue weighted by Crippen LogP contribution is -2.33. The van der Waals surface area contributed by atoms with Gasteiger partial charge in [-0.15, -0.1) is 0 Å². The monoisotopic (exact) mass is 1690 g/mol. The molecule has 0 radical (unpaired) electrons. The molecular formula is C68H56N8O30S7. The fraction of sp³-hybridized carbons (Fsp3) is 0.103. The van der Waals surface area contributed by atoms with Crippen LogP contribution in [0.5, 0.6) is 0 Å². The highest BCUT2D eigenvalue weighted by Crippen LogP contribution is 2.39. The topological polar surface area (TPSA) is 630 Å². The lowest BCUT2D eigenvalue weighted by atomic mass is 10.0. The molecular weight excluding hydrogens is 1630 g/mol. The second kappa shape index (κ2) is 32.0. The van der Waals surface area contributed by atoms with Crippen LogP contribution in [0.2, 0.25) is 0 Å². The molecule has 0 saturated heterocycles. The van der Waals surface area contributed by atoms with E-state index in [9.17, 15) is 134 Å². The van der Waals surface area contributed by atoms with Crippen molar-refractivity contribution in [3.8, 4) is 0 Å². The van der Waals surface area contributed by atoms with Crippen LogP contribution >= 0.6 is 0 Å². The van der Waals surface area contributed by atoms with E-state index in [1.54, 1.807) is 0 Å². The maximum absolute atomic E-state index is 14.3. The molecule has 10 aromatic carbocycles. The van der Waals surface area contributed by atoms with E-state index in [1.807, 2.05) is 0 Å². The molecule has 0 saturated carbocycles. The third-order valence-electron chi connectivity index (χ3n) is 16.5. The van der Waals surface area contributed by atoms with Crippen LogP contribution in [0.15, 0.2) is 192 Å². The molecule has 8 amide bonds. The van der Waals surface area contributed by atoms with Gasteiger partial charge in [-0.1, -0.05) is 48.5 Å². The lowest BCUT2D eigenvalue weighted by molar-refractivity contribution is -0.117. The molecule has 113 heavy (non-hydrogen) atoms. The fourth-order valence-electron chi connectivity index (χ4n) is 11.8. The molecule has 0 aliphatic carbocycles. The van der Waals surface area contributed by atoms with Gasteiger partial charge in [-0.25, -0.2) is 4.79 Å². The number of rotatable bonds is 27. The first-order valence-electron chi connectivity index (χ1n) is 31.8. The zero-order valence-corrected chi connectivity index (χ0v) is 62.8. The van der Waals surface area contributed by atoms with E-state index in [-0.39, 0.29) is 27.4 Å². The Hall–Kier alpha value is -12.0. The quantitative estimate of drug-likeness (QED) is 0.0183. The van der Waals surface area contributed by atoms with Gasteiger partial charge in [0.05, 0.1) is 35.0 Å². The third-order valence-corrected chi connectivity index (χ3v) is 22.8. The summed E-state index contributed by atoms with van der Waals surface area (Å²) in [5.74, 6) is -8.59. The number of carbonyl (C=O) groups is 9. The smallest absolute Gasteiger partial charge is 0.323 e. The van der Waals surface area contributed by atoms with Crippen LogP contribution in [0.1, 0.15) is 72.7 Å². The molecule has 0 spiro atoms. The number of benzene rings is 10. The zero-order chi connectivity index (χ0) is 83.0. The van der Waals surface area contributed by atoms with Gasteiger partial charge in [0.25, 0.3) is 82.6 Å². The molecule has 45 heteroatoms. The van der Waals surface area contributed by atoms with Crippen molar-refractivity contribution in [1.29, 1.82) is 0 Å². The van der Waals surface area contributed by atoms with Gasteiger partial charge in [-0.05, 0) is 127 Å². The first-order chi connectivity index (χ1) is 52.5. The Bertz CT molecular complexity index is 6700. The molecule has 0 bridgehead atoms. The summed E-state index contributed by atoms with van der Waals surface area (Å²) < 4.78 is 243. The highest BCUT2D eigenvalue weighted by molar-refractivity contribution is 7.88. The molecule has 38 nitrogen and oxygen atoms in total. The second-order valence-corrected chi connectivity index (χ2v) is 34.2. The van der Waals surface area contributed by atoms with E-state index in [1.165, 1.54) is 37.3 Å². The molecule has 0 aromatic heterocycles. The lowest BCUT2D eigenvalue weighted by Gasteiger charge is -2.15. The normalized spacial score (nSPS) is 12.2. The maximum Gasteiger partial charge on any atom is 0.323 e. The standard InChI is InChI=1S/C68H56N8O30S7/c1-34-22-46-55(110(95,96)97)19-14-50(65(46)57(23-34)112(101,102)103)75-60(80)21-16-52(78)37-25-39(67(84)70-33-62(82)76-48-10-4-6-35-30-42(107(86,87)88)31-58(63(35)48)113(104,105)106)29-41(27-37)72-68(85)71-40-26-36(24-38(28-40)66(83)69-32-61(81)73-47-12-17-53(108(89,90)91)44-8-3-2-7-43(44)47)51(77)15-20-59(79)74-49-13-18-54(109(92,93)94)45-9-5-11-56(64(45)49)111(98,99)100/h2-14,17-19,22-31H,15-16,20-21,32-33H2,1H3,(H,69,83)(H,70,84)(H,73,81)(H,74,79)(H,75,80)(H,76,82)(H2,71,72,85)(H,86,87,88)(H,89,90,91)(H,92,93,94)(H,95,96,97)(H,98,99,100)(H,101,102,103)(H,104,105,106). The summed E-state index contributed by atoms with van der Waals surface area (Å²) in [5.41, 5.74) is -4.15. The van der Waals surface area contributed by atoms with Crippen LogP contribution < -0.4 is 42.5 Å². The summed E-state index contributed by atoms with van der Waals surface area (Å²) >= 11 is 0. The number of urea groups is 1. The number of anilines is 6. The van der Waals surface area contributed by atoms with Crippen molar-refractivity contribution in [2.24, 2.45) is 0 Å². The average molecular weight is 1690 g/mol. The molecule has 15 N–H and O–H groups in total. The van der Waals surface area contributed by atoms with Gasteiger partial charge in [0, 0.05) is 103 Å². The number of carbonyl (C=O) groups excluding carboxylic acids is 9. The van der Waals surface area contributed by atoms with E-state index in [4.69, 9.17) is 0 Å². The minimum atomic E-state index is -5.32. The Balaban J connectivity index is 0.946. The van der Waals surface area contributed by atoms with Crippen molar-refractivity contribution < 1.29 is 134 Å². The van der Waals surface area contributed by atoms with Crippen molar-refractivity contribution in [3.63, 3.8) is 0 Å². The van der Waals surface area contributed by atoms with Crippen LogP contribution in [-0.2, 0) is 90.0 Å². The van der Waals surface area contributed by atoms with Crippen LogP contribution in [0.25, 0.3) is 43.1 Å². The third kappa shape index (κ3) is 19.9. The van der Waals surface area contributed by atoms with Gasteiger partial charge < -0.3 is 42.5 Å². The molecule has 0 heterocycles. The minimum absolute atomic E-state index is 0.00662. The first kappa shape index (κ1) is 83.5. The fourth-order valence-corrected chi connectivity index (χ4v) is 16.7. The number of hydrogen-bond donors (Lipinski definition) is 15. The minimum Gasteiger partial charge on any atom is -0.343 e. The summed E-state index contributed by atoms with van der Waals surface area (Å²) in [7, 11) is -35.7. The molecule has 0 atom stereocenters. The van der Waals surface area contributed by atoms with Crippen LogP contribution in [0.3, 0.4) is 0 Å². The summed E-state index contributed by atoms with van der Waals surface area (Å²) in [5, 5.41) is 15.9. The highest BCUT2D eigenvalue weighted by atomic mass is 32.2. The van der Waals surface area contributed by atoms with Gasteiger partial charge >= 0.3 is 6.03 Å². The molecule has 590 valence electrons. The van der Waals surface area contributed by atoms with Gasteiger partial charge in [-0.3, -0.25) is 70.2 Å². The van der Waals surface area contributed by atoms with Gasteiger partial charge in [0.1, 0.15) is 29.4 Å². The number of ketones is 2. The van der Waals surface area contributed by atoms with Crippen LogP contribution in [-0.4, -0.2) is 157 Å². The van der Waals surface area contributed by atoms with Gasteiger partial charge in [-0.2, -0.15) is 58.9 Å². The molecule has 10 aromatic rings. The molecule has 0 fully saturated rings. The Labute approximate surface area is 639 Å². The largest absolute Gasteiger partial charge is 0.343 e. The zero-order valence-electron chi connectivity index (χ0n) is 57.1. The van der Waals surface area contributed by atoms with E-state index in [0.29, 0.717) is 6.07 Å². The van der Waals surface area contributed by atoms with E-state index >= 15 is 0 Å². The Morgan fingerprint density at radius 1 is 0.301 bits per heavy atom. The Morgan fingerprint density at radius 3 is 1.17 bits per heavy atom. The summed E-state index contributed by atoms with van der Waals surface area (Å²) in [6.45, 7) is -0.560. The van der Waals surface area contributed by atoms with Crippen LogP contribution in [0.4, 0.5) is 38.9 Å². The van der Waals surface area contributed by atoms with E-state index in [2.05, 4.69) is 42.5 Å². The number of aryl methyl sites for hydroxylation is 1. The summed E-state index contributed by atoms with van der Waals surface area (Å²) in [4.78, 5) is 119. The van der Waals surface area contributed by atoms with Crippen molar-refractivity contribution in [2.75, 3.05) is 45.0 Å². The predicted octanol–water partition coefficient (Wildman–Crippen LogP) is 6.92. The second-order valence-electron chi connectivity index (χ2n) is 24.5. The average Bonchev–Trinajstić information content (AvgIpc) is 0.770. The van der Waals surface area contributed by atoms with Crippen molar-refractivity contribution in [1.82, 2.24) is 10.6 Å². The summed E-state index contributed by atoms with van der Waals surface area (Å²) in [6.07, 6.45) is -3.21. The van der Waals surface area contributed by atoms with Crippen LogP contribution in [0, 0.1) is 6.92 Å². The SMILES string of the molecule is Cc1cc(S(=O)(=O)O)c2c(NC(=O)CCC(=O)c3cc(NC(=O)Nc4cc(C(=O)CCC(=O)Nc5ccc(S(=O)(=O)O)c6cccc(S(=O)(=O)O)c56)cc(C(=O)NCC(=O)Nc5ccc(S(=O)(=O)O)c6ccccc56)c4)cc(C(=O)NCC(=O)Nc4cccc5cc(S(=O)(=O)O)cc(S(=O)(=O)O)c45)c3)ccc(S(=O)(=O)O)c2c1. The van der Waals surface area contributed by atoms with Crippen molar-refractivity contribution in [3.05, 3.63) is 186 Å². The summed E-state index contributed by atoms with van der Waals surface area (Å²) in [6, 6.07) is 25.1. The first-order valence-corrected chi connectivity index (χ1v) is 41.9. The predicted molar refractivity (Wildman–Crippen MR) is 401 cm³/mol. The number of amides is 8. The maximum atomic E-state index is 14.3. The number of nitrogens with one attached hydrogen (secondary N) is 8. The van der Waals surface area contributed by atoms with Crippen molar-refractivity contribution >= 4 is 201 Å². The van der Waals surface area contributed by atoms with E-state index < -0.39 is 275 Å². The van der Waals surface area contributed by atoms with Crippen molar-refractivity contribution in [2.45, 2.75) is 66.9 Å². The number of Topliss-reactive ketones (excluding diaryl/α,β-unsaturated/α-hetero) is 2. The Morgan fingerprint density at radius 2 is 0.690 bits per heavy atom. The molecule has 0 unspecified atom stereocenters. The number of fused-ring (bicyclic) bond motifs is 4. The molecule has 10 rings (SSSR count). The van der Waals surface area contributed by atoms with Gasteiger partial charge in [0.2, 0.25) is 23.6 Å². The molecule has 0 aliphatic heterocycles. The van der Waals surface area contributed by atoms with Gasteiger partial charge in [0.15, 0.2) is 11.6 Å². The number of hydrogen-bond acceptors (Lipinski definition) is 23.